The molecule has 0 spiro atoms. The second-order valence-corrected chi connectivity index (χ2v) is 9.23. The Labute approximate surface area is 171 Å². The lowest BCUT2D eigenvalue weighted by Gasteiger charge is -2.34. The van der Waals surface area contributed by atoms with E-state index < -0.39 is 0 Å². The standard InChI is InChI=1S/C20H22N4O2S2/c1-14-6-7-17(27-14)20(26)21-12-19(25)24-10-8-23(9-11-24)13-18-22-15-4-2-3-5-16(15)28-18/h2-7H,8-13H2,1H3,(H,21,26). The van der Waals surface area contributed by atoms with Gasteiger partial charge in [-0.3, -0.25) is 14.5 Å². The third-order valence-electron chi connectivity index (χ3n) is 4.79. The summed E-state index contributed by atoms with van der Waals surface area (Å²) in [5.74, 6) is -0.206. The van der Waals surface area contributed by atoms with E-state index in [1.54, 1.807) is 17.4 Å². The van der Waals surface area contributed by atoms with Crippen LogP contribution >= 0.6 is 22.7 Å². The molecule has 1 aromatic carbocycles. The van der Waals surface area contributed by atoms with Crippen LogP contribution in [0, 0.1) is 6.92 Å². The Bertz CT molecular complexity index is 956. The number of thiophene rings is 1. The van der Waals surface area contributed by atoms with Gasteiger partial charge in [-0.25, -0.2) is 4.98 Å². The molecule has 1 saturated heterocycles. The Kier molecular flexibility index (Phi) is 5.70. The van der Waals surface area contributed by atoms with Gasteiger partial charge >= 0.3 is 0 Å². The van der Waals surface area contributed by atoms with Crippen molar-refractivity contribution >= 4 is 44.7 Å². The van der Waals surface area contributed by atoms with Gasteiger partial charge in [-0.1, -0.05) is 12.1 Å². The Morgan fingerprint density at radius 2 is 1.86 bits per heavy atom. The number of nitrogens with zero attached hydrogens (tertiary/aromatic N) is 3. The number of thiazole rings is 1. The molecule has 0 atom stereocenters. The predicted octanol–water partition coefficient (Wildman–Crippen LogP) is 2.74. The molecule has 0 bridgehead atoms. The van der Waals surface area contributed by atoms with E-state index >= 15 is 0 Å². The van der Waals surface area contributed by atoms with E-state index in [2.05, 4.69) is 16.3 Å². The Morgan fingerprint density at radius 1 is 1.07 bits per heavy atom. The number of para-hydroxylation sites is 1. The SMILES string of the molecule is Cc1ccc(C(=O)NCC(=O)N2CCN(Cc3nc4ccccc4s3)CC2)s1. The van der Waals surface area contributed by atoms with E-state index in [1.807, 2.05) is 36.1 Å². The molecular weight excluding hydrogens is 392 g/mol. The van der Waals surface area contributed by atoms with E-state index in [0.29, 0.717) is 18.0 Å². The zero-order valence-electron chi connectivity index (χ0n) is 15.7. The molecule has 3 heterocycles. The van der Waals surface area contributed by atoms with Gasteiger partial charge in [-0.2, -0.15) is 0 Å². The minimum atomic E-state index is -0.180. The van der Waals surface area contributed by atoms with Crippen LogP contribution < -0.4 is 5.32 Å². The quantitative estimate of drug-likeness (QED) is 0.697. The Balaban J connectivity index is 1.24. The molecule has 0 unspecified atom stereocenters. The first-order valence-corrected chi connectivity index (χ1v) is 10.9. The number of hydrogen-bond acceptors (Lipinski definition) is 6. The van der Waals surface area contributed by atoms with E-state index in [-0.39, 0.29) is 18.4 Å². The predicted molar refractivity (Wildman–Crippen MR) is 113 cm³/mol. The number of piperazine rings is 1. The lowest BCUT2D eigenvalue weighted by Crippen LogP contribution is -2.50. The molecule has 1 fully saturated rings. The summed E-state index contributed by atoms with van der Waals surface area (Å²) in [6.07, 6.45) is 0. The van der Waals surface area contributed by atoms with E-state index in [4.69, 9.17) is 4.98 Å². The van der Waals surface area contributed by atoms with Crippen LogP contribution in [0.15, 0.2) is 36.4 Å². The number of aryl methyl sites for hydroxylation is 1. The van der Waals surface area contributed by atoms with Crippen LogP contribution in [0.3, 0.4) is 0 Å². The molecule has 0 saturated carbocycles. The average Bonchev–Trinajstić information content (AvgIpc) is 3.32. The highest BCUT2D eigenvalue weighted by molar-refractivity contribution is 7.18. The zero-order chi connectivity index (χ0) is 19.5. The minimum Gasteiger partial charge on any atom is -0.342 e. The second-order valence-electron chi connectivity index (χ2n) is 6.83. The van der Waals surface area contributed by atoms with Crippen molar-refractivity contribution < 1.29 is 9.59 Å². The second kappa shape index (κ2) is 8.38. The van der Waals surface area contributed by atoms with Crippen molar-refractivity contribution in [3.05, 3.63) is 51.2 Å². The fourth-order valence-corrected chi connectivity index (χ4v) is 5.04. The lowest BCUT2D eigenvalue weighted by molar-refractivity contribution is -0.131. The van der Waals surface area contributed by atoms with Crippen molar-refractivity contribution in [1.29, 1.82) is 0 Å². The third-order valence-corrected chi connectivity index (χ3v) is 6.81. The number of benzene rings is 1. The smallest absolute Gasteiger partial charge is 0.261 e. The average molecular weight is 415 g/mol. The van der Waals surface area contributed by atoms with E-state index in [1.165, 1.54) is 16.0 Å². The minimum absolute atomic E-state index is 0.0266. The van der Waals surface area contributed by atoms with Gasteiger partial charge in [0.2, 0.25) is 5.91 Å². The molecule has 1 aliphatic rings. The fraction of sp³-hybridized carbons (Fsp3) is 0.350. The monoisotopic (exact) mass is 414 g/mol. The summed E-state index contributed by atoms with van der Waals surface area (Å²) in [4.78, 5) is 35.1. The first-order chi connectivity index (χ1) is 13.6. The molecule has 2 amide bonds. The van der Waals surface area contributed by atoms with Gasteiger partial charge in [0.05, 0.1) is 28.2 Å². The summed E-state index contributed by atoms with van der Waals surface area (Å²) >= 11 is 3.17. The first-order valence-electron chi connectivity index (χ1n) is 9.28. The molecule has 0 radical (unpaired) electrons. The van der Waals surface area contributed by atoms with Crippen LogP contribution in [-0.4, -0.2) is 59.3 Å². The highest BCUT2D eigenvalue weighted by atomic mass is 32.1. The maximum Gasteiger partial charge on any atom is 0.261 e. The van der Waals surface area contributed by atoms with Crippen molar-refractivity contribution in [1.82, 2.24) is 20.1 Å². The summed E-state index contributed by atoms with van der Waals surface area (Å²) in [5.41, 5.74) is 1.05. The van der Waals surface area contributed by atoms with Crippen LogP contribution in [0.4, 0.5) is 0 Å². The molecule has 2 aromatic heterocycles. The van der Waals surface area contributed by atoms with Crippen molar-refractivity contribution in [3.63, 3.8) is 0 Å². The first kappa shape index (κ1) is 19.0. The van der Waals surface area contributed by atoms with Gasteiger partial charge in [0.25, 0.3) is 5.91 Å². The molecule has 8 heteroatoms. The summed E-state index contributed by atoms with van der Waals surface area (Å²) in [6.45, 7) is 5.82. The van der Waals surface area contributed by atoms with Gasteiger partial charge in [0.15, 0.2) is 0 Å². The van der Waals surface area contributed by atoms with Gasteiger partial charge in [-0.15, -0.1) is 22.7 Å². The van der Waals surface area contributed by atoms with Gasteiger partial charge in [-0.05, 0) is 31.2 Å². The van der Waals surface area contributed by atoms with Crippen LogP contribution in [0.1, 0.15) is 19.6 Å². The summed E-state index contributed by atoms with van der Waals surface area (Å²) in [5, 5.41) is 3.84. The third kappa shape index (κ3) is 4.40. The molecular formula is C20H22N4O2S2. The van der Waals surface area contributed by atoms with Crippen LogP contribution in [0.5, 0.6) is 0 Å². The number of rotatable bonds is 5. The van der Waals surface area contributed by atoms with Crippen molar-refractivity contribution in [3.8, 4) is 0 Å². The summed E-state index contributed by atoms with van der Waals surface area (Å²) in [7, 11) is 0. The molecule has 1 N–H and O–H groups in total. The van der Waals surface area contributed by atoms with Gasteiger partial charge in [0, 0.05) is 31.1 Å². The number of carbonyl (C=O) groups is 2. The van der Waals surface area contributed by atoms with Crippen molar-refractivity contribution in [2.24, 2.45) is 0 Å². The normalized spacial score (nSPS) is 15.1. The van der Waals surface area contributed by atoms with Gasteiger partial charge in [0.1, 0.15) is 5.01 Å². The maximum absolute atomic E-state index is 12.4. The van der Waals surface area contributed by atoms with Crippen LogP contribution in [0.2, 0.25) is 0 Å². The molecule has 3 aromatic rings. The molecule has 0 aliphatic carbocycles. The largest absolute Gasteiger partial charge is 0.342 e. The summed E-state index contributed by atoms with van der Waals surface area (Å²) < 4.78 is 1.21. The number of carbonyl (C=O) groups excluding carboxylic acids is 2. The lowest BCUT2D eigenvalue weighted by atomic mass is 10.3. The van der Waals surface area contributed by atoms with Crippen molar-refractivity contribution in [2.45, 2.75) is 13.5 Å². The number of hydrogen-bond donors (Lipinski definition) is 1. The van der Waals surface area contributed by atoms with E-state index in [0.717, 1.165) is 35.0 Å². The number of aromatic nitrogens is 1. The number of fused-ring (bicyclic) bond motifs is 1. The maximum atomic E-state index is 12.4. The number of amides is 2. The molecule has 6 nitrogen and oxygen atoms in total. The summed E-state index contributed by atoms with van der Waals surface area (Å²) in [6, 6.07) is 11.9. The Morgan fingerprint density at radius 3 is 2.57 bits per heavy atom. The van der Waals surface area contributed by atoms with Crippen LogP contribution in [0.25, 0.3) is 10.2 Å². The highest BCUT2D eigenvalue weighted by Crippen LogP contribution is 2.23. The molecule has 146 valence electrons. The van der Waals surface area contributed by atoms with Crippen molar-refractivity contribution in [2.75, 3.05) is 32.7 Å². The topological polar surface area (TPSA) is 65.5 Å². The molecule has 1 aliphatic heterocycles. The van der Waals surface area contributed by atoms with Gasteiger partial charge < -0.3 is 10.2 Å². The molecule has 4 rings (SSSR count). The number of nitrogens with one attached hydrogen (secondary N) is 1. The Hall–Kier alpha value is -2.29. The molecule has 28 heavy (non-hydrogen) atoms. The zero-order valence-corrected chi connectivity index (χ0v) is 17.3. The highest BCUT2D eigenvalue weighted by Gasteiger charge is 2.22. The van der Waals surface area contributed by atoms with Crippen LogP contribution in [-0.2, 0) is 11.3 Å². The fourth-order valence-electron chi connectivity index (χ4n) is 3.25. The van der Waals surface area contributed by atoms with E-state index in [9.17, 15) is 9.59 Å².